The highest BCUT2D eigenvalue weighted by Crippen LogP contribution is 2.12. The molecule has 4 nitrogen and oxygen atoms in total. The Bertz CT molecular complexity index is 654. The van der Waals surface area contributed by atoms with Gasteiger partial charge in [0.15, 0.2) is 0 Å². The van der Waals surface area contributed by atoms with Crippen molar-refractivity contribution in [3.05, 3.63) is 24.3 Å². The van der Waals surface area contributed by atoms with Crippen LogP contribution in [0.15, 0.2) is 24.3 Å². The Balaban J connectivity index is 3.46. The molecule has 0 radical (unpaired) electrons. The van der Waals surface area contributed by atoms with E-state index in [9.17, 15) is 9.59 Å². The summed E-state index contributed by atoms with van der Waals surface area (Å²) in [6.07, 6.45) is 42.2. The van der Waals surface area contributed by atoms with E-state index >= 15 is 0 Å². The van der Waals surface area contributed by atoms with Gasteiger partial charge in [-0.25, -0.2) is 0 Å². The summed E-state index contributed by atoms with van der Waals surface area (Å²) in [5, 5.41) is 0. The molecule has 0 saturated carbocycles. The number of hydrogen-bond donors (Lipinski definition) is 0. The number of rotatable bonds is 33. The van der Waals surface area contributed by atoms with Gasteiger partial charge in [-0.15, -0.1) is 0 Å². The lowest BCUT2D eigenvalue weighted by atomic mass is 10.1. The van der Waals surface area contributed by atoms with Crippen LogP contribution in [0.25, 0.3) is 0 Å². The maximum atomic E-state index is 12.1. The Hall–Kier alpha value is -1.58. The lowest BCUT2D eigenvalue weighted by molar-refractivity contribution is -0.158. The molecule has 0 N–H and O–H groups in total. The summed E-state index contributed by atoms with van der Waals surface area (Å²) >= 11 is 0. The lowest BCUT2D eigenvalue weighted by Crippen LogP contribution is -2.22. The molecule has 0 aliphatic carbocycles. The molecular weight excluding hydrogens is 532 g/mol. The van der Waals surface area contributed by atoms with E-state index in [1.165, 1.54) is 141 Å². The van der Waals surface area contributed by atoms with Gasteiger partial charge in [0.05, 0.1) is 0 Å². The Morgan fingerprint density at radius 1 is 0.465 bits per heavy atom. The van der Waals surface area contributed by atoms with Crippen LogP contribution in [0.1, 0.15) is 201 Å². The minimum Gasteiger partial charge on any atom is -0.462 e. The van der Waals surface area contributed by atoms with E-state index < -0.39 is 0 Å². The highest BCUT2D eigenvalue weighted by atomic mass is 16.6. The van der Waals surface area contributed by atoms with Crippen LogP contribution < -0.4 is 0 Å². The Morgan fingerprint density at radius 2 is 0.791 bits per heavy atom. The zero-order valence-electron chi connectivity index (χ0n) is 29.0. The van der Waals surface area contributed by atoms with E-state index in [1.807, 2.05) is 0 Å². The van der Waals surface area contributed by atoms with Crippen molar-refractivity contribution in [2.45, 2.75) is 207 Å². The average Bonchev–Trinajstić information content (AvgIpc) is 3.00. The van der Waals surface area contributed by atoms with Crippen molar-refractivity contribution in [3.8, 4) is 0 Å². The van der Waals surface area contributed by atoms with Gasteiger partial charge in [0.1, 0.15) is 12.7 Å². The first-order chi connectivity index (χ1) is 21.1. The van der Waals surface area contributed by atoms with E-state index in [0.29, 0.717) is 12.8 Å². The largest absolute Gasteiger partial charge is 0.462 e. The topological polar surface area (TPSA) is 52.6 Å². The first kappa shape index (κ1) is 41.4. The summed E-state index contributed by atoms with van der Waals surface area (Å²) in [4.78, 5) is 24.1. The van der Waals surface area contributed by atoms with Crippen molar-refractivity contribution >= 4 is 11.9 Å². The first-order valence-electron chi connectivity index (χ1n) is 18.7. The van der Waals surface area contributed by atoms with Gasteiger partial charge in [-0.05, 0) is 71.1 Å². The summed E-state index contributed by atoms with van der Waals surface area (Å²) in [7, 11) is 0. The molecule has 252 valence electrons. The number of ether oxygens (including phenoxy) is 2. The molecule has 0 aromatic rings. The Kier molecular flexibility index (Phi) is 33.6. The summed E-state index contributed by atoms with van der Waals surface area (Å²) < 4.78 is 10.7. The van der Waals surface area contributed by atoms with Gasteiger partial charge < -0.3 is 9.47 Å². The molecule has 0 amide bonds. The third kappa shape index (κ3) is 34.8. The predicted octanol–water partition coefficient (Wildman–Crippen LogP) is 12.5. The fourth-order valence-electron chi connectivity index (χ4n) is 5.28. The van der Waals surface area contributed by atoms with E-state index in [0.717, 1.165) is 25.7 Å². The summed E-state index contributed by atoms with van der Waals surface area (Å²) in [6.45, 7) is 6.48. The molecule has 43 heavy (non-hydrogen) atoms. The Morgan fingerprint density at radius 3 is 1.19 bits per heavy atom. The summed E-state index contributed by atoms with van der Waals surface area (Å²) in [5.74, 6) is -0.365. The van der Waals surface area contributed by atoms with Crippen LogP contribution in [0, 0.1) is 0 Å². The molecule has 0 spiro atoms. The third-order valence-corrected chi connectivity index (χ3v) is 8.10. The van der Waals surface area contributed by atoms with Gasteiger partial charge in [-0.2, -0.15) is 0 Å². The van der Waals surface area contributed by atoms with Crippen molar-refractivity contribution in [3.63, 3.8) is 0 Å². The van der Waals surface area contributed by atoms with Crippen molar-refractivity contribution in [2.75, 3.05) is 6.61 Å². The second kappa shape index (κ2) is 34.9. The van der Waals surface area contributed by atoms with Crippen LogP contribution in [0.2, 0.25) is 0 Å². The number of carbonyl (C=O) groups is 2. The van der Waals surface area contributed by atoms with Crippen LogP contribution in [-0.4, -0.2) is 24.6 Å². The molecule has 1 atom stereocenters. The second-order valence-corrected chi connectivity index (χ2v) is 12.7. The van der Waals surface area contributed by atoms with Gasteiger partial charge in [0.2, 0.25) is 0 Å². The zero-order chi connectivity index (χ0) is 31.5. The number of carbonyl (C=O) groups excluding carboxylic acids is 2. The molecule has 0 aliphatic heterocycles. The molecule has 0 heterocycles. The maximum absolute atomic E-state index is 12.1. The number of esters is 2. The van der Waals surface area contributed by atoms with Gasteiger partial charge in [0.25, 0.3) is 0 Å². The maximum Gasteiger partial charge on any atom is 0.306 e. The average molecular weight is 605 g/mol. The van der Waals surface area contributed by atoms with Gasteiger partial charge >= 0.3 is 11.9 Å². The molecular formula is C39H72O4. The lowest BCUT2D eigenvalue weighted by Gasteiger charge is -2.13. The smallest absolute Gasteiger partial charge is 0.306 e. The van der Waals surface area contributed by atoms with E-state index in [4.69, 9.17) is 9.47 Å². The fourth-order valence-corrected chi connectivity index (χ4v) is 5.28. The van der Waals surface area contributed by atoms with Crippen LogP contribution in [-0.2, 0) is 19.1 Å². The third-order valence-electron chi connectivity index (χ3n) is 8.10. The SMILES string of the molecule is CCCCCCCC/C=C\CCCCCCCC(=O)OC[C@H](C)OC(=O)CCCCCCC/C=C\CCCCCCCC. The molecule has 0 aliphatic rings. The fraction of sp³-hybridized carbons (Fsp3) is 0.846. The Labute approximate surface area is 268 Å². The van der Waals surface area contributed by atoms with Gasteiger partial charge in [-0.1, -0.05) is 141 Å². The van der Waals surface area contributed by atoms with Crippen molar-refractivity contribution in [2.24, 2.45) is 0 Å². The summed E-state index contributed by atoms with van der Waals surface area (Å²) in [6, 6.07) is 0. The first-order valence-corrected chi connectivity index (χ1v) is 18.7. The molecule has 0 unspecified atom stereocenters. The molecule has 0 saturated heterocycles. The molecule has 0 aromatic heterocycles. The monoisotopic (exact) mass is 605 g/mol. The zero-order valence-corrected chi connectivity index (χ0v) is 29.0. The standard InChI is InChI=1S/C39H72O4/c1-4-6-8-10-12-14-16-18-20-22-24-26-28-30-32-34-38(40)42-36-37(3)43-39(41)35-33-31-29-27-25-23-21-19-17-15-13-11-9-7-5-2/h18-21,37H,4-17,22-36H2,1-3H3/b20-18-,21-19-/t37-/m0/s1. The number of hydrogen-bond acceptors (Lipinski definition) is 4. The van der Waals surface area contributed by atoms with E-state index in [2.05, 4.69) is 38.2 Å². The van der Waals surface area contributed by atoms with E-state index in [-0.39, 0.29) is 24.6 Å². The molecule has 0 aromatic carbocycles. The van der Waals surface area contributed by atoms with Crippen LogP contribution >= 0.6 is 0 Å². The minimum atomic E-state index is -0.381. The van der Waals surface area contributed by atoms with E-state index in [1.54, 1.807) is 6.92 Å². The summed E-state index contributed by atoms with van der Waals surface area (Å²) in [5.41, 5.74) is 0. The minimum absolute atomic E-state index is 0.155. The van der Waals surface area contributed by atoms with Crippen molar-refractivity contribution in [1.29, 1.82) is 0 Å². The van der Waals surface area contributed by atoms with Gasteiger partial charge in [0, 0.05) is 12.8 Å². The van der Waals surface area contributed by atoms with Crippen molar-refractivity contribution < 1.29 is 19.1 Å². The van der Waals surface area contributed by atoms with Gasteiger partial charge in [-0.3, -0.25) is 9.59 Å². The highest BCUT2D eigenvalue weighted by molar-refractivity contribution is 5.70. The van der Waals surface area contributed by atoms with Crippen molar-refractivity contribution in [1.82, 2.24) is 0 Å². The number of unbranched alkanes of at least 4 members (excludes halogenated alkanes) is 22. The van der Waals surface area contributed by atoms with Crippen LogP contribution in [0.3, 0.4) is 0 Å². The number of allylic oxidation sites excluding steroid dienone is 4. The highest BCUT2D eigenvalue weighted by Gasteiger charge is 2.12. The molecule has 4 heteroatoms. The molecule has 0 fully saturated rings. The predicted molar refractivity (Wildman–Crippen MR) is 185 cm³/mol. The molecule has 0 rings (SSSR count). The van der Waals surface area contributed by atoms with Crippen LogP contribution in [0.4, 0.5) is 0 Å². The quantitative estimate of drug-likeness (QED) is 0.0425. The normalized spacial score (nSPS) is 12.3. The molecule has 0 bridgehead atoms. The van der Waals surface area contributed by atoms with Crippen LogP contribution in [0.5, 0.6) is 0 Å². The second-order valence-electron chi connectivity index (χ2n) is 12.7.